The lowest BCUT2D eigenvalue weighted by atomic mass is 9.72. The fourth-order valence-electron chi connectivity index (χ4n) is 4.47. The van der Waals surface area contributed by atoms with Gasteiger partial charge < -0.3 is 4.74 Å². The fourth-order valence-corrected chi connectivity index (χ4v) is 5.72. The van der Waals surface area contributed by atoms with Crippen LogP contribution in [0.15, 0.2) is 29.3 Å². The minimum atomic E-state index is -0.463. The lowest BCUT2D eigenvalue weighted by Gasteiger charge is -2.33. The van der Waals surface area contributed by atoms with Gasteiger partial charge in [0, 0.05) is 10.4 Å². The van der Waals surface area contributed by atoms with Crippen molar-refractivity contribution in [3.05, 3.63) is 45.8 Å². The molecule has 0 radical (unpaired) electrons. The molecule has 2 aromatic rings. The molecular weight excluding hydrogens is 422 g/mol. The maximum absolute atomic E-state index is 13.2. The number of aliphatic imine (C=N–C) groups is 1. The first-order valence-electron chi connectivity index (χ1n) is 10.9. The Morgan fingerprint density at radius 3 is 2.78 bits per heavy atom. The second-order valence-electron chi connectivity index (χ2n) is 9.28. The Morgan fingerprint density at radius 1 is 1.34 bits per heavy atom. The summed E-state index contributed by atoms with van der Waals surface area (Å²) in [5.41, 5.74) is 3.45. The molecule has 4 rings (SSSR count). The zero-order valence-corrected chi connectivity index (χ0v) is 19.7. The molecule has 6 nitrogen and oxygen atoms in total. The fraction of sp³-hybridized carbons (Fsp3) is 0.440. The predicted octanol–water partition coefficient (Wildman–Crippen LogP) is 4.80. The van der Waals surface area contributed by atoms with Crippen LogP contribution in [-0.4, -0.2) is 30.7 Å². The molecule has 7 heteroatoms. The Balaban J connectivity index is 1.73. The van der Waals surface area contributed by atoms with Gasteiger partial charge in [-0.25, -0.2) is 4.99 Å². The molecule has 0 saturated heterocycles. The van der Waals surface area contributed by atoms with Gasteiger partial charge in [-0.3, -0.25) is 14.5 Å². The van der Waals surface area contributed by atoms with E-state index in [9.17, 15) is 14.9 Å². The molecule has 0 saturated carbocycles. The number of nitrogens with zero attached hydrogens (tertiary/aromatic N) is 3. The van der Waals surface area contributed by atoms with Gasteiger partial charge in [0.1, 0.15) is 23.3 Å². The van der Waals surface area contributed by atoms with E-state index in [4.69, 9.17) is 9.73 Å². The van der Waals surface area contributed by atoms with Crippen molar-refractivity contribution >= 4 is 39.6 Å². The van der Waals surface area contributed by atoms with Crippen LogP contribution in [0.1, 0.15) is 55.7 Å². The molecule has 1 aliphatic heterocycles. The van der Waals surface area contributed by atoms with E-state index in [0.717, 1.165) is 24.8 Å². The molecule has 0 fully saturated rings. The summed E-state index contributed by atoms with van der Waals surface area (Å²) in [6.45, 7) is 8.60. The smallest absolute Gasteiger partial charge is 0.326 e. The summed E-state index contributed by atoms with van der Waals surface area (Å²) in [5.74, 6) is -0.258. The predicted molar refractivity (Wildman–Crippen MR) is 126 cm³/mol. The Labute approximate surface area is 192 Å². The van der Waals surface area contributed by atoms with Crippen LogP contribution in [0.3, 0.4) is 0 Å². The van der Waals surface area contributed by atoms with Crippen LogP contribution in [0.25, 0.3) is 0 Å². The average Bonchev–Trinajstić information content (AvgIpc) is 3.23. The normalized spacial score (nSPS) is 19.0. The summed E-state index contributed by atoms with van der Waals surface area (Å²) < 4.78 is 5.04. The van der Waals surface area contributed by atoms with E-state index in [1.54, 1.807) is 13.0 Å². The SMILES string of the molecule is CCOC(=O)CN1C(=O)C(=Nc2sc3c(c2C#N)CC[C@H](C(C)(C)C)C3)c2ccccc21. The van der Waals surface area contributed by atoms with Gasteiger partial charge in [0.15, 0.2) is 0 Å². The molecule has 1 aromatic heterocycles. The van der Waals surface area contributed by atoms with Crippen LogP contribution in [-0.2, 0) is 27.2 Å². The van der Waals surface area contributed by atoms with Crippen molar-refractivity contribution in [1.82, 2.24) is 0 Å². The number of hydrogen-bond acceptors (Lipinski definition) is 6. The lowest BCUT2D eigenvalue weighted by Crippen LogP contribution is -2.35. The van der Waals surface area contributed by atoms with Crippen molar-refractivity contribution in [1.29, 1.82) is 5.26 Å². The van der Waals surface area contributed by atoms with E-state index in [-0.39, 0.29) is 30.2 Å². The number of carbonyl (C=O) groups is 2. The molecule has 0 N–H and O–H groups in total. The average molecular weight is 450 g/mol. The highest BCUT2D eigenvalue weighted by molar-refractivity contribution is 7.16. The van der Waals surface area contributed by atoms with E-state index in [1.165, 1.54) is 21.1 Å². The number of benzene rings is 1. The molecule has 0 spiro atoms. The molecule has 1 amide bonds. The molecule has 166 valence electrons. The van der Waals surface area contributed by atoms with Gasteiger partial charge in [0.25, 0.3) is 5.91 Å². The van der Waals surface area contributed by atoms with Crippen LogP contribution in [0, 0.1) is 22.7 Å². The largest absolute Gasteiger partial charge is 0.465 e. The first-order valence-corrected chi connectivity index (χ1v) is 11.8. The standard InChI is InChI=1S/C25H27N3O3S/c1-5-31-21(29)14-28-19-9-7-6-8-17(19)22(24(28)30)27-23-18(13-26)16-11-10-15(25(2,3)4)12-20(16)32-23/h6-9,15H,5,10-12,14H2,1-4H3/t15-/m0/s1. The Bertz CT molecular complexity index is 1150. The van der Waals surface area contributed by atoms with Gasteiger partial charge in [0.2, 0.25) is 0 Å². The van der Waals surface area contributed by atoms with Crippen LogP contribution >= 0.6 is 11.3 Å². The number of hydrogen-bond donors (Lipinski definition) is 0. The molecule has 1 aliphatic carbocycles. The second-order valence-corrected chi connectivity index (χ2v) is 10.4. The Morgan fingerprint density at radius 2 is 2.09 bits per heavy atom. The summed E-state index contributed by atoms with van der Waals surface area (Å²) in [6, 6.07) is 9.62. The number of ether oxygens (including phenoxy) is 1. The number of para-hydroxylation sites is 1. The highest BCUT2D eigenvalue weighted by atomic mass is 32.1. The van der Waals surface area contributed by atoms with Crippen molar-refractivity contribution in [2.45, 2.75) is 47.0 Å². The molecule has 2 aliphatic rings. The topological polar surface area (TPSA) is 82.8 Å². The van der Waals surface area contributed by atoms with Crippen molar-refractivity contribution < 1.29 is 14.3 Å². The molecule has 2 heterocycles. The highest BCUT2D eigenvalue weighted by Crippen LogP contribution is 2.45. The van der Waals surface area contributed by atoms with Gasteiger partial charge in [-0.2, -0.15) is 5.26 Å². The summed E-state index contributed by atoms with van der Waals surface area (Å²) in [7, 11) is 0. The first kappa shape index (κ1) is 22.2. The zero-order valence-electron chi connectivity index (χ0n) is 18.9. The highest BCUT2D eigenvalue weighted by Gasteiger charge is 2.37. The number of nitriles is 1. The molecular formula is C25H27N3O3S. The Kier molecular flexibility index (Phi) is 5.91. The molecule has 1 aromatic carbocycles. The van der Waals surface area contributed by atoms with Crippen LogP contribution < -0.4 is 4.90 Å². The minimum Gasteiger partial charge on any atom is -0.465 e. The maximum atomic E-state index is 13.2. The number of esters is 1. The number of rotatable bonds is 4. The third kappa shape index (κ3) is 3.95. The summed E-state index contributed by atoms with van der Waals surface area (Å²) in [5, 5.41) is 10.5. The van der Waals surface area contributed by atoms with Gasteiger partial charge in [-0.1, -0.05) is 39.0 Å². The van der Waals surface area contributed by atoms with E-state index in [2.05, 4.69) is 26.8 Å². The third-order valence-electron chi connectivity index (χ3n) is 6.29. The second kappa shape index (κ2) is 8.51. The first-order chi connectivity index (χ1) is 15.2. The monoisotopic (exact) mass is 449 g/mol. The van der Waals surface area contributed by atoms with Gasteiger partial charge >= 0.3 is 5.97 Å². The Hall–Kier alpha value is -2.98. The zero-order chi connectivity index (χ0) is 23.0. The number of anilines is 1. The maximum Gasteiger partial charge on any atom is 0.326 e. The van der Waals surface area contributed by atoms with Crippen molar-refractivity contribution in [3.8, 4) is 6.07 Å². The minimum absolute atomic E-state index is 0.165. The van der Waals surface area contributed by atoms with E-state index < -0.39 is 5.97 Å². The number of amides is 1. The van der Waals surface area contributed by atoms with Crippen molar-refractivity contribution in [2.24, 2.45) is 16.3 Å². The lowest BCUT2D eigenvalue weighted by molar-refractivity contribution is -0.142. The molecule has 32 heavy (non-hydrogen) atoms. The third-order valence-corrected chi connectivity index (χ3v) is 7.44. The summed E-state index contributed by atoms with van der Waals surface area (Å²) >= 11 is 1.52. The van der Waals surface area contributed by atoms with Crippen molar-refractivity contribution in [3.63, 3.8) is 0 Å². The van der Waals surface area contributed by atoms with E-state index in [1.807, 2.05) is 18.2 Å². The van der Waals surface area contributed by atoms with Gasteiger partial charge in [-0.05, 0) is 49.1 Å². The van der Waals surface area contributed by atoms with Crippen molar-refractivity contribution in [2.75, 3.05) is 18.1 Å². The van der Waals surface area contributed by atoms with E-state index in [0.29, 0.717) is 27.7 Å². The van der Waals surface area contributed by atoms with Crippen LogP contribution in [0.4, 0.5) is 10.7 Å². The number of carbonyl (C=O) groups excluding carboxylic acids is 2. The van der Waals surface area contributed by atoms with Gasteiger partial charge in [0.05, 0.1) is 17.9 Å². The molecule has 0 unspecified atom stereocenters. The van der Waals surface area contributed by atoms with Crippen LogP contribution in [0.5, 0.6) is 0 Å². The molecule has 0 bridgehead atoms. The van der Waals surface area contributed by atoms with Crippen LogP contribution in [0.2, 0.25) is 0 Å². The molecule has 1 atom stereocenters. The summed E-state index contributed by atoms with van der Waals surface area (Å²) in [6.07, 6.45) is 2.84. The summed E-state index contributed by atoms with van der Waals surface area (Å²) in [4.78, 5) is 32.6. The number of fused-ring (bicyclic) bond motifs is 2. The van der Waals surface area contributed by atoms with Gasteiger partial charge in [-0.15, -0.1) is 11.3 Å². The quantitative estimate of drug-likeness (QED) is 0.628. The number of thiophene rings is 1. The van der Waals surface area contributed by atoms with E-state index >= 15 is 0 Å².